The summed E-state index contributed by atoms with van der Waals surface area (Å²) < 4.78 is 14.1. The molecular weight excluding hydrogens is 423 g/mol. The topological polar surface area (TPSA) is 81.8 Å². The maximum Gasteiger partial charge on any atom is 0.245 e. The second-order valence-corrected chi connectivity index (χ2v) is 8.27. The van der Waals surface area contributed by atoms with Crippen LogP contribution in [0.1, 0.15) is 24.5 Å². The van der Waals surface area contributed by atoms with E-state index >= 15 is 0 Å². The first kappa shape index (κ1) is 24.4. The zero-order valence-corrected chi connectivity index (χ0v) is 18.9. The quantitative estimate of drug-likeness (QED) is 0.637. The third kappa shape index (κ3) is 7.68. The predicted molar refractivity (Wildman–Crippen MR) is 124 cm³/mol. The van der Waals surface area contributed by atoms with Gasteiger partial charge in [-0.25, -0.2) is 4.39 Å². The van der Waals surface area contributed by atoms with Crippen LogP contribution in [0.25, 0.3) is 0 Å². The van der Waals surface area contributed by atoms with Gasteiger partial charge in [-0.3, -0.25) is 19.3 Å². The summed E-state index contributed by atoms with van der Waals surface area (Å²) >= 11 is 0. The number of hydrogen-bond donors (Lipinski definition) is 2. The molecular formula is C25H31FN4O3. The van der Waals surface area contributed by atoms with Gasteiger partial charge in [-0.05, 0) is 23.6 Å². The fourth-order valence-corrected chi connectivity index (χ4v) is 3.95. The van der Waals surface area contributed by atoms with Crippen molar-refractivity contribution >= 4 is 17.7 Å². The Morgan fingerprint density at radius 2 is 1.70 bits per heavy atom. The van der Waals surface area contributed by atoms with Crippen molar-refractivity contribution in [2.45, 2.75) is 32.4 Å². The van der Waals surface area contributed by atoms with Crippen molar-refractivity contribution in [2.75, 3.05) is 32.7 Å². The van der Waals surface area contributed by atoms with E-state index < -0.39 is 11.9 Å². The molecule has 1 heterocycles. The summed E-state index contributed by atoms with van der Waals surface area (Å²) in [5.74, 6) is -1.03. The lowest BCUT2D eigenvalue weighted by atomic mass is 10.0. The number of amides is 3. The number of nitrogens with one attached hydrogen (secondary N) is 2. The number of nitrogens with zero attached hydrogens (tertiary/aromatic N) is 2. The molecule has 3 rings (SSSR count). The summed E-state index contributed by atoms with van der Waals surface area (Å²) in [6.45, 7) is 4.30. The molecule has 1 atom stereocenters. The molecule has 1 unspecified atom stereocenters. The first-order valence-corrected chi connectivity index (χ1v) is 11.2. The lowest BCUT2D eigenvalue weighted by molar-refractivity contribution is -0.136. The highest BCUT2D eigenvalue weighted by Crippen LogP contribution is 2.12. The maximum absolute atomic E-state index is 14.1. The van der Waals surface area contributed by atoms with E-state index in [1.165, 1.54) is 13.0 Å². The third-order valence-corrected chi connectivity index (χ3v) is 5.66. The van der Waals surface area contributed by atoms with Crippen LogP contribution in [0.15, 0.2) is 54.6 Å². The molecule has 8 heteroatoms. The number of rotatable bonds is 8. The van der Waals surface area contributed by atoms with Crippen LogP contribution in [-0.2, 0) is 27.3 Å². The summed E-state index contributed by atoms with van der Waals surface area (Å²) in [4.78, 5) is 41.0. The van der Waals surface area contributed by atoms with E-state index in [9.17, 15) is 18.8 Å². The van der Waals surface area contributed by atoms with Gasteiger partial charge >= 0.3 is 0 Å². The van der Waals surface area contributed by atoms with Crippen LogP contribution in [0.4, 0.5) is 4.39 Å². The Morgan fingerprint density at radius 1 is 0.970 bits per heavy atom. The van der Waals surface area contributed by atoms with Crippen LogP contribution in [-0.4, -0.2) is 66.3 Å². The second kappa shape index (κ2) is 12.1. The monoisotopic (exact) mass is 454 g/mol. The van der Waals surface area contributed by atoms with Crippen LogP contribution >= 0.6 is 0 Å². The van der Waals surface area contributed by atoms with E-state index in [2.05, 4.69) is 10.6 Å². The Morgan fingerprint density at radius 3 is 2.42 bits per heavy atom. The van der Waals surface area contributed by atoms with Gasteiger partial charge in [0.2, 0.25) is 17.7 Å². The minimum Gasteiger partial charge on any atom is -0.351 e. The molecule has 1 fully saturated rings. The number of hydrogen-bond acceptors (Lipinski definition) is 4. The van der Waals surface area contributed by atoms with E-state index in [1.807, 2.05) is 35.2 Å². The van der Waals surface area contributed by atoms with Gasteiger partial charge in [0.25, 0.3) is 0 Å². The van der Waals surface area contributed by atoms with Crippen LogP contribution in [0.5, 0.6) is 0 Å². The zero-order valence-electron chi connectivity index (χ0n) is 18.9. The Kier molecular flexibility index (Phi) is 8.95. The average Bonchev–Trinajstić information content (AvgIpc) is 3.04. The fourth-order valence-electron chi connectivity index (χ4n) is 3.95. The number of carbonyl (C=O) groups excluding carboxylic acids is 3. The Hall–Kier alpha value is -3.26. The molecule has 2 N–H and O–H groups in total. The summed E-state index contributed by atoms with van der Waals surface area (Å²) in [5.41, 5.74) is 1.42. The SMILES string of the molecule is CC(=O)NC(Cc1ccccc1F)C(=O)N1CCCN(CC(=O)NCc2ccccc2)CC1. The molecule has 33 heavy (non-hydrogen) atoms. The number of benzene rings is 2. The Labute approximate surface area is 193 Å². The van der Waals surface area contributed by atoms with Gasteiger partial charge in [-0.2, -0.15) is 0 Å². The molecule has 1 aliphatic heterocycles. The normalized spacial score (nSPS) is 15.4. The molecule has 0 aliphatic carbocycles. The van der Waals surface area contributed by atoms with E-state index in [0.29, 0.717) is 44.7 Å². The summed E-state index contributed by atoms with van der Waals surface area (Å²) in [6, 6.07) is 15.2. The van der Waals surface area contributed by atoms with Gasteiger partial charge in [0.05, 0.1) is 6.54 Å². The largest absolute Gasteiger partial charge is 0.351 e. The van der Waals surface area contributed by atoms with Gasteiger partial charge in [-0.15, -0.1) is 0 Å². The van der Waals surface area contributed by atoms with Crippen molar-refractivity contribution in [3.63, 3.8) is 0 Å². The lowest BCUT2D eigenvalue weighted by Gasteiger charge is -2.27. The van der Waals surface area contributed by atoms with Crippen LogP contribution < -0.4 is 10.6 Å². The van der Waals surface area contributed by atoms with Gasteiger partial charge in [0, 0.05) is 46.1 Å². The minimum absolute atomic E-state index is 0.0608. The minimum atomic E-state index is -0.833. The molecule has 2 aromatic rings. The molecule has 176 valence electrons. The van der Waals surface area contributed by atoms with Crippen molar-refractivity contribution in [2.24, 2.45) is 0 Å². The number of halogens is 1. The molecule has 0 bridgehead atoms. The van der Waals surface area contributed by atoms with Gasteiger partial charge in [-0.1, -0.05) is 48.5 Å². The maximum atomic E-state index is 14.1. The molecule has 2 aromatic carbocycles. The average molecular weight is 455 g/mol. The van der Waals surface area contributed by atoms with E-state index in [4.69, 9.17) is 0 Å². The highest BCUT2D eigenvalue weighted by Gasteiger charge is 2.28. The standard InChI is InChI=1S/C25H31FN4O3/c1-19(31)28-23(16-21-10-5-6-11-22(21)26)25(33)30-13-7-12-29(14-15-30)18-24(32)27-17-20-8-3-2-4-9-20/h2-6,8-11,23H,7,12-18H2,1H3,(H,27,32)(H,28,31). The summed E-state index contributed by atoms with van der Waals surface area (Å²) in [6.07, 6.45) is 0.803. The smallest absolute Gasteiger partial charge is 0.245 e. The molecule has 0 radical (unpaired) electrons. The first-order chi connectivity index (χ1) is 15.9. The highest BCUT2D eigenvalue weighted by molar-refractivity contribution is 5.87. The van der Waals surface area contributed by atoms with E-state index in [-0.39, 0.29) is 30.7 Å². The molecule has 1 aliphatic rings. The lowest BCUT2D eigenvalue weighted by Crippen LogP contribution is -2.50. The highest BCUT2D eigenvalue weighted by atomic mass is 19.1. The summed E-state index contributed by atoms with van der Waals surface area (Å²) in [5, 5.41) is 5.60. The van der Waals surface area contributed by atoms with Crippen LogP contribution in [0.2, 0.25) is 0 Å². The Bertz CT molecular complexity index is 954. The molecule has 7 nitrogen and oxygen atoms in total. The first-order valence-electron chi connectivity index (χ1n) is 11.2. The van der Waals surface area contributed by atoms with Crippen LogP contribution in [0.3, 0.4) is 0 Å². The molecule has 0 saturated carbocycles. The molecule has 3 amide bonds. The van der Waals surface area contributed by atoms with Gasteiger partial charge < -0.3 is 15.5 Å². The molecule has 0 aromatic heterocycles. The third-order valence-electron chi connectivity index (χ3n) is 5.66. The van der Waals surface area contributed by atoms with Gasteiger partial charge in [0.1, 0.15) is 11.9 Å². The second-order valence-electron chi connectivity index (χ2n) is 8.27. The number of carbonyl (C=O) groups is 3. The molecule has 1 saturated heterocycles. The van der Waals surface area contributed by atoms with Crippen LogP contribution in [0, 0.1) is 5.82 Å². The molecule has 0 spiro atoms. The summed E-state index contributed by atoms with van der Waals surface area (Å²) in [7, 11) is 0. The van der Waals surface area contributed by atoms with E-state index in [1.54, 1.807) is 23.1 Å². The van der Waals surface area contributed by atoms with E-state index in [0.717, 1.165) is 5.56 Å². The Balaban J connectivity index is 1.54. The van der Waals surface area contributed by atoms with Gasteiger partial charge in [0.15, 0.2) is 0 Å². The van der Waals surface area contributed by atoms with Crippen molar-refractivity contribution in [3.8, 4) is 0 Å². The zero-order chi connectivity index (χ0) is 23.6. The van der Waals surface area contributed by atoms with Crippen molar-refractivity contribution in [1.82, 2.24) is 20.4 Å². The predicted octanol–water partition coefficient (Wildman–Crippen LogP) is 1.72. The fraction of sp³-hybridized carbons (Fsp3) is 0.400. The van der Waals surface area contributed by atoms with Crippen molar-refractivity contribution in [1.29, 1.82) is 0 Å². The van der Waals surface area contributed by atoms with Crippen molar-refractivity contribution in [3.05, 3.63) is 71.5 Å². The van der Waals surface area contributed by atoms with Crippen molar-refractivity contribution < 1.29 is 18.8 Å².